The monoisotopic (exact) mass is 433 g/mol. The van der Waals surface area contributed by atoms with Gasteiger partial charge in [0, 0.05) is 51.9 Å². The molecule has 0 aliphatic heterocycles. The summed E-state index contributed by atoms with van der Waals surface area (Å²) in [6.07, 6.45) is 4.09. The highest BCUT2D eigenvalue weighted by Crippen LogP contribution is 2.41. The van der Waals surface area contributed by atoms with E-state index in [0.29, 0.717) is 5.76 Å². The number of aromatic nitrogens is 2. The number of H-pyrrole nitrogens is 2. The molecular weight excluding hydrogens is 414 g/mol. The molecule has 6 rings (SSSR count). The first-order valence-electron chi connectivity index (χ1n) is 10.7. The molecule has 0 saturated heterocycles. The van der Waals surface area contributed by atoms with Gasteiger partial charge in [0.05, 0.1) is 10.8 Å². The molecule has 3 aromatic carbocycles. The first kappa shape index (κ1) is 19.1. The highest BCUT2D eigenvalue weighted by molar-refractivity contribution is 5.88. The van der Waals surface area contributed by atoms with Crippen LogP contribution in [0.15, 0.2) is 102 Å². The van der Waals surface area contributed by atoms with E-state index in [9.17, 15) is 10.1 Å². The number of rotatable bonds is 5. The van der Waals surface area contributed by atoms with E-state index in [1.807, 2.05) is 48.8 Å². The van der Waals surface area contributed by atoms with Gasteiger partial charge in [0.1, 0.15) is 11.5 Å². The van der Waals surface area contributed by atoms with Crippen molar-refractivity contribution in [3.63, 3.8) is 0 Å². The maximum absolute atomic E-state index is 11.0. The normalized spacial score (nSPS) is 11.5. The van der Waals surface area contributed by atoms with Crippen LogP contribution in [0.4, 0.5) is 5.69 Å². The van der Waals surface area contributed by atoms with Crippen LogP contribution in [-0.4, -0.2) is 14.9 Å². The smallest absolute Gasteiger partial charge is 0.269 e. The minimum atomic E-state index is -0.401. The number of nitrogens with one attached hydrogen (secondary N) is 2. The van der Waals surface area contributed by atoms with Crippen LogP contribution < -0.4 is 0 Å². The predicted molar refractivity (Wildman–Crippen MR) is 128 cm³/mol. The first-order valence-corrected chi connectivity index (χ1v) is 10.7. The Bertz CT molecular complexity index is 1530. The summed E-state index contributed by atoms with van der Waals surface area (Å²) in [6, 6.07) is 26.8. The molecule has 33 heavy (non-hydrogen) atoms. The Balaban J connectivity index is 1.51. The highest BCUT2D eigenvalue weighted by Gasteiger charge is 2.26. The molecule has 0 bridgehead atoms. The van der Waals surface area contributed by atoms with Crippen molar-refractivity contribution in [1.29, 1.82) is 0 Å². The van der Waals surface area contributed by atoms with Gasteiger partial charge in [-0.2, -0.15) is 0 Å². The van der Waals surface area contributed by atoms with Gasteiger partial charge in [0.2, 0.25) is 0 Å². The standard InChI is InChI=1S/C27H19N3O3/c31-30(32)18-11-9-17(10-12-18)25-13-14-26(33-25)27(21-15-28-23-7-3-1-5-19(21)23)22-16-29-24-8-4-2-6-20(22)24/h1-16,27-29H. The highest BCUT2D eigenvalue weighted by atomic mass is 16.6. The van der Waals surface area contributed by atoms with Gasteiger partial charge in [0.15, 0.2) is 0 Å². The largest absolute Gasteiger partial charge is 0.460 e. The lowest BCUT2D eigenvalue weighted by molar-refractivity contribution is -0.384. The third-order valence-electron chi connectivity index (χ3n) is 6.14. The van der Waals surface area contributed by atoms with Crippen molar-refractivity contribution in [2.45, 2.75) is 5.92 Å². The fourth-order valence-corrected chi connectivity index (χ4v) is 4.55. The van der Waals surface area contributed by atoms with E-state index in [2.05, 4.69) is 34.2 Å². The first-order chi connectivity index (χ1) is 16.2. The molecule has 0 fully saturated rings. The van der Waals surface area contributed by atoms with Gasteiger partial charge in [-0.3, -0.25) is 10.1 Å². The molecule has 0 saturated carbocycles. The number of furan rings is 1. The van der Waals surface area contributed by atoms with E-state index in [4.69, 9.17) is 4.42 Å². The Kier molecular flexibility index (Phi) is 4.36. The van der Waals surface area contributed by atoms with E-state index in [-0.39, 0.29) is 11.6 Å². The Morgan fingerprint density at radius 2 is 1.30 bits per heavy atom. The van der Waals surface area contributed by atoms with Crippen molar-refractivity contribution in [2.24, 2.45) is 0 Å². The summed E-state index contributed by atoms with van der Waals surface area (Å²) in [5, 5.41) is 13.3. The fraction of sp³-hybridized carbons (Fsp3) is 0.0370. The zero-order valence-corrected chi connectivity index (χ0v) is 17.5. The minimum Gasteiger partial charge on any atom is -0.460 e. The van der Waals surface area contributed by atoms with Crippen LogP contribution in [0.3, 0.4) is 0 Å². The average Bonchev–Trinajstić information content (AvgIpc) is 3.59. The van der Waals surface area contributed by atoms with E-state index >= 15 is 0 Å². The molecule has 6 nitrogen and oxygen atoms in total. The van der Waals surface area contributed by atoms with E-state index in [0.717, 1.165) is 44.3 Å². The van der Waals surface area contributed by atoms with Crippen molar-refractivity contribution >= 4 is 27.5 Å². The summed E-state index contributed by atoms with van der Waals surface area (Å²) in [5.41, 5.74) is 5.24. The van der Waals surface area contributed by atoms with Crippen molar-refractivity contribution < 1.29 is 9.34 Å². The summed E-state index contributed by atoms with van der Waals surface area (Å²) in [4.78, 5) is 17.4. The average molecular weight is 433 g/mol. The lowest BCUT2D eigenvalue weighted by atomic mass is 9.88. The van der Waals surface area contributed by atoms with Crippen molar-refractivity contribution in [2.75, 3.05) is 0 Å². The Labute approximate surface area is 188 Å². The van der Waals surface area contributed by atoms with Gasteiger partial charge in [-0.1, -0.05) is 36.4 Å². The van der Waals surface area contributed by atoms with Crippen LogP contribution in [0.5, 0.6) is 0 Å². The number of nitro groups is 1. The van der Waals surface area contributed by atoms with Gasteiger partial charge in [-0.25, -0.2) is 0 Å². The number of nitro benzene ring substituents is 1. The maximum atomic E-state index is 11.0. The molecule has 6 aromatic rings. The molecule has 2 N–H and O–H groups in total. The molecule has 3 aromatic heterocycles. The predicted octanol–water partition coefficient (Wildman–Crippen LogP) is 7.00. The summed E-state index contributed by atoms with van der Waals surface area (Å²) < 4.78 is 6.38. The van der Waals surface area contributed by atoms with Crippen LogP contribution in [0.25, 0.3) is 33.1 Å². The summed E-state index contributed by atoms with van der Waals surface area (Å²) in [5.74, 6) is 1.34. The molecule has 0 amide bonds. The molecule has 6 heteroatoms. The zero-order chi connectivity index (χ0) is 22.4. The Morgan fingerprint density at radius 1 is 0.727 bits per heavy atom. The van der Waals surface area contributed by atoms with E-state index in [1.54, 1.807) is 12.1 Å². The van der Waals surface area contributed by atoms with Crippen LogP contribution in [0, 0.1) is 10.1 Å². The summed E-state index contributed by atoms with van der Waals surface area (Å²) in [6.45, 7) is 0. The summed E-state index contributed by atoms with van der Waals surface area (Å²) >= 11 is 0. The van der Waals surface area contributed by atoms with Gasteiger partial charge < -0.3 is 14.4 Å². The molecule has 0 aliphatic carbocycles. The number of non-ortho nitro benzene ring substituents is 1. The van der Waals surface area contributed by atoms with Gasteiger partial charge in [0.25, 0.3) is 5.69 Å². The minimum absolute atomic E-state index is 0.0565. The number of hydrogen-bond donors (Lipinski definition) is 2. The van der Waals surface area contributed by atoms with E-state index < -0.39 is 4.92 Å². The molecule has 0 spiro atoms. The third kappa shape index (κ3) is 3.20. The number of aromatic amines is 2. The third-order valence-corrected chi connectivity index (χ3v) is 6.14. The lowest BCUT2D eigenvalue weighted by Crippen LogP contribution is -2.01. The molecule has 160 valence electrons. The zero-order valence-electron chi connectivity index (χ0n) is 17.5. The number of benzene rings is 3. The Morgan fingerprint density at radius 3 is 1.88 bits per heavy atom. The summed E-state index contributed by atoms with van der Waals surface area (Å²) in [7, 11) is 0. The van der Waals surface area contributed by atoms with E-state index in [1.165, 1.54) is 12.1 Å². The second-order valence-corrected chi connectivity index (χ2v) is 8.02. The SMILES string of the molecule is O=[N+]([O-])c1ccc(-c2ccc(C(c3c[nH]c4ccccc34)c3c[nH]c4ccccc34)o2)cc1. The van der Waals surface area contributed by atoms with Crippen molar-refractivity contribution in [1.82, 2.24) is 9.97 Å². The van der Waals surface area contributed by atoms with Crippen LogP contribution in [0.1, 0.15) is 22.8 Å². The number of hydrogen-bond acceptors (Lipinski definition) is 3. The quantitative estimate of drug-likeness (QED) is 0.227. The maximum Gasteiger partial charge on any atom is 0.269 e. The molecule has 0 radical (unpaired) electrons. The topological polar surface area (TPSA) is 87.9 Å². The fourth-order valence-electron chi connectivity index (χ4n) is 4.55. The number of fused-ring (bicyclic) bond motifs is 2. The Hall–Kier alpha value is -4.58. The van der Waals surface area contributed by atoms with Gasteiger partial charge >= 0.3 is 0 Å². The van der Waals surface area contributed by atoms with Gasteiger partial charge in [-0.15, -0.1) is 0 Å². The number of nitrogens with zero attached hydrogens (tertiary/aromatic N) is 1. The van der Waals surface area contributed by atoms with Crippen LogP contribution in [-0.2, 0) is 0 Å². The molecule has 0 atom stereocenters. The lowest BCUT2D eigenvalue weighted by Gasteiger charge is -2.14. The van der Waals surface area contributed by atoms with Crippen LogP contribution in [0.2, 0.25) is 0 Å². The second kappa shape index (κ2) is 7.53. The second-order valence-electron chi connectivity index (χ2n) is 8.02. The molecule has 3 heterocycles. The van der Waals surface area contributed by atoms with Gasteiger partial charge in [-0.05, 0) is 47.5 Å². The molecular formula is C27H19N3O3. The van der Waals surface area contributed by atoms with Crippen molar-refractivity contribution in [3.8, 4) is 11.3 Å². The molecule has 0 aliphatic rings. The number of para-hydroxylation sites is 2. The van der Waals surface area contributed by atoms with Crippen LogP contribution >= 0.6 is 0 Å². The van der Waals surface area contributed by atoms with Crippen molar-refractivity contribution in [3.05, 3.63) is 124 Å². The molecule has 0 unspecified atom stereocenters.